The van der Waals surface area contributed by atoms with Crippen LogP contribution in [-0.2, 0) is 19.5 Å². The van der Waals surface area contributed by atoms with Crippen LogP contribution in [0.15, 0.2) is 6.20 Å². The molecule has 0 heterocycles. The maximum absolute atomic E-state index is 3.66. The molecule has 0 amide bonds. The molecular weight excluding hydrogens is 350 g/mol. The standard InChI is InChI=1S/Al.2In.N2.Zn.7H/c;;;1-2;;;;;;;;/q;2*+1;-2;;;;;;;;. The van der Waals surface area contributed by atoms with Gasteiger partial charge in [0.25, 0.3) is 0 Å². The second-order valence-electron chi connectivity index (χ2n) is 0.400. The molecule has 0 fully saturated rings. The van der Waals surface area contributed by atoms with Gasteiger partial charge in [0.1, 0.15) is 0 Å². The normalized spacial score (nSPS) is 6.00. The molecule has 0 saturated heterocycles. The maximum atomic E-state index is 3.66. The van der Waals surface area contributed by atoms with Crippen LogP contribution in [0.2, 0.25) is 0 Å². The molecule has 0 rings (SSSR count). The molecule has 0 N–H and O–H groups in total. The summed E-state index contributed by atoms with van der Waals surface area (Å²) in [5.41, 5.74) is 0. The molecule has 0 aliphatic rings. The second-order valence-corrected chi connectivity index (χ2v) is 2.68. The van der Waals surface area contributed by atoms with Crippen LogP contribution < -0.4 is 0 Å². The first kappa shape index (κ1) is 15.8. The third-order valence-electron chi connectivity index (χ3n) is 0.200. The van der Waals surface area contributed by atoms with Gasteiger partial charge >= 0.3 is 55.5 Å². The van der Waals surface area contributed by atoms with Gasteiger partial charge < -0.3 is 0 Å². The van der Waals surface area contributed by atoms with Crippen LogP contribution in [0.4, 0.5) is 0 Å². The Morgan fingerprint density at radius 1 is 1.00 bits per heavy atom. The molecule has 28 valence electrons. The molecule has 0 bridgehead atoms. The van der Waals surface area contributed by atoms with Gasteiger partial charge in [-0.3, -0.25) is 0 Å². The van der Waals surface area contributed by atoms with Crippen LogP contribution in [0, 0.1) is 0 Å². The van der Waals surface area contributed by atoms with E-state index >= 15 is 0 Å². The molecule has 0 aromatic rings. The Bertz CT molecular complexity index is 26.7. The molecule has 0 aromatic heterocycles. The zero-order valence-electron chi connectivity index (χ0n) is 3.60. The second kappa shape index (κ2) is 15.6. The minimum atomic E-state index is 0. The summed E-state index contributed by atoms with van der Waals surface area (Å²) < 4.78 is 7.33. The van der Waals surface area contributed by atoms with Crippen molar-refractivity contribution in [2.75, 3.05) is 0 Å². The molecular formula is H7AlIn2N2Zn. The van der Waals surface area contributed by atoms with Gasteiger partial charge in [0.05, 0.1) is 0 Å². The van der Waals surface area contributed by atoms with Crippen LogP contribution >= 0.6 is 0 Å². The molecule has 0 radical (unpaired) electrons. The van der Waals surface area contributed by atoms with E-state index in [0.717, 1.165) is 0 Å². The average Bonchev–Trinajstić information content (AvgIpc) is 1.37. The first-order chi connectivity index (χ1) is 1.91. The van der Waals surface area contributed by atoms with Crippen LogP contribution in [0.1, 0.15) is 0 Å². The largest absolute Gasteiger partial charge is 0 e. The zero-order valence-corrected chi connectivity index (χ0v) is 18.0. The van der Waals surface area contributed by atoms with Crippen molar-refractivity contribution in [2.24, 2.45) is 6.20 Å². The fraction of sp³-hybridized carbons (Fsp3) is 0. The Hall–Kier alpha value is 2.50. The Morgan fingerprint density at radius 2 is 1.17 bits per heavy atom. The van der Waals surface area contributed by atoms with Gasteiger partial charge in [0.15, 0.2) is 17.4 Å². The Kier molecular flexibility index (Phi) is 41.2. The quantitative estimate of drug-likeness (QED) is 0.334. The van der Waals surface area contributed by atoms with E-state index in [1.807, 2.05) is 0 Å². The van der Waals surface area contributed by atoms with Gasteiger partial charge in [-0.2, -0.15) is 0 Å². The molecule has 0 spiro atoms. The van der Waals surface area contributed by atoms with E-state index in [9.17, 15) is 0 Å². The Morgan fingerprint density at radius 3 is 1.17 bits per heavy atom. The van der Waals surface area contributed by atoms with Crippen molar-refractivity contribution in [1.29, 1.82) is 0 Å². The molecule has 0 unspecified atom stereocenters. The molecule has 0 aliphatic heterocycles. The van der Waals surface area contributed by atoms with Crippen molar-refractivity contribution in [3.63, 3.8) is 0 Å². The number of hydrogen-bond donors (Lipinski definition) is 0. The SMILES string of the molecule is [AlH3].[InH2][N]=[N][InH2].[Zn]. The van der Waals surface area contributed by atoms with Crippen molar-refractivity contribution in [1.82, 2.24) is 0 Å². The summed E-state index contributed by atoms with van der Waals surface area (Å²) >= 11 is 0.991. The van der Waals surface area contributed by atoms with Crippen molar-refractivity contribution < 1.29 is 19.5 Å². The van der Waals surface area contributed by atoms with Crippen molar-refractivity contribution in [3.05, 3.63) is 0 Å². The fourth-order valence-electron chi connectivity index (χ4n) is 0. The minimum absolute atomic E-state index is 0. The number of rotatable bonds is 0. The average molecular weight is 357 g/mol. The Balaban J connectivity index is -0.0000000450. The summed E-state index contributed by atoms with van der Waals surface area (Å²) in [5, 5.41) is 0. The topological polar surface area (TPSA) is 24.7 Å². The van der Waals surface area contributed by atoms with Crippen LogP contribution in [-0.4, -0.2) is 66.7 Å². The van der Waals surface area contributed by atoms with E-state index in [-0.39, 0.29) is 36.8 Å². The maximum Gasteiger partial charge on any atom is 0 e. The van der Waals surface area contributed by atoms with E-state index in [1.54, 1.807) is 0 Å². The summed E-state index contributed by atoms with van der Waals surface area (Å²) in [6.45, 7) is 0. The van der Waals surface area contributed by atoms with Crippen molar-refractivity contribution in [3.8, 4) is 0 Å². The molecule has 0 aliphatic carbocycles. The van der Waals surface area contributed by atoms with Gasteiger partial charge in [0.2, 0.25) is 0 Å². The molecule has 0 saturated carbocycles. The Labute approximate surface area is 90.8 Å². The van der Waals surface area contributed by atoms with E-state index in [2.05, 4.69) is 6.20 Å². The summed E-state index contributed by atoms with van der Waals surface area (Å²) in [6.07, 6.45) is 0. The molecule has 2 nitrogen and oxygen atoms in total. The van der Waals surface area contributed by atoms with Gasteiger partial charge in [-0.15, -0.1) is 0 Å². The third kappa shape index (κ3) is 16.1. The number of hydrogen-bond acceptors (Lipinski definition) is 2. The first-order valence-electron chi connectivity index (χ1n) is 1.09. The van der Waals surface area contributed by atoms with Gasteiger partial charge in [-0.1, -0.05) is 0 Å². The van der Waals surface area contributed by atoms with E-state index in [1.165, 1.54) is 0 Å². The van der Waals surface area contributed by atoms with E-state index < -0.39 is 0 Å². The van der Waals surface area contributed by atoms with Gasteiger partial charge in [-0.05, 0) is 0 Å². The fourth-order valence-corrected chi connectivity index (χ4v) is 0. The zero-order chi connectivity index (χ0) is 3.41. The summed E-state index contributed by atoms with van der Waals surface area (Å²) in [7, 11) is 0. The predicted molar refractivity (Wildman–Crippen MR) is 31.9 cm³/mol. The van der Waals surface area contributed by atoms with Gasteiger partial charge in [-0.25, -0.2) is 0 Å². The van der Waals surface area contributed by atoms with Crippen LogP contribution in [0.25, 0.3) is 0 Å². The first-order valence-corrected chi connectivity index (χ1v) is 6.20. The summed E-state index contributed by atoms with van der Waals surface area (Å²) in [4.78, 5) is 0. The van der Waals surface area contributed by atoms with E-state index in [0.29, 0.717) is 49.3 Å². The van der Waals surface area contributed by atoms with Crippen molar-refractivity contribution in [2.45, 2.75) is 0 Å². The molecule has 6 heteroatoms. The summed E-state index contributed by atoms with van der Waals surface area (Å²) in [5.74, 6) is 0. The third-order valence-corrected chi connectivity index (χ3v) is 9.00. The monoisotopic (exact) mass is 356 g/mol. The smallest absolute Gasteiger partial charge is 0 e. The van der Waals surface area contributed by atoms with Crippen LogP contribution in [0.3, 0.4) is 0 Å². The minimum Gasteiger partial charge on any atom is 0 e. The predicted octanol–water partition coefficient (Wildman–Crippen LogP) is -2.65. The van der Waals surface area contributed by atoms with Crippen LogP contribution in [0.5, 0.6) is 0 Å². The van der Waals surface area contributed by atoms with Crippen molar-refractivity contribution >= 4 is 66.7 Å². The summed E-state index contributed by atoms with van der Waals surface area (Å²) in [6, 6.07) is 0. The van der Waals surface area contributed by atoms with Gasteiger partial charge in [0, 0.05) is 19.5 Å². The molecule has 0 atom stereocenters. The molecule has 0 aromatic carbocycles. The molecule has 6 heavy (non-hydrogen) atoms. The van der Waals surface area contributed by atoms with E-state index in [4.69, 9.17) is 0 Å². The number of nitrogens with zero attached hydrogens (tertiary/aromatic N) is 2.